The van der Waals surface area contributed by atoms with E-state index < -0.39 is 0 Å². The summed E-state index contributed by atoms with van der Waals surface area (Å²) in [6.07, 6.45) is 3.60. The molecule has 0 fully saturated rings. The topological polar surface area (TPSA) is 27.1 Å². The summed E-state index contributed by atoms with van der Waals surface area (Å²) >= 11 is 0. The van der Waals surface area contributed by atoms with Gasteiger partial charge in [0.25, 0.3) is 0 Å². The van der Waals surface area contributed by atoms with E-state index in [-0.39, 0.29) is 5.82 Å². The summed E-state index contributed by atoms with van der Waals surface area (Å²) < 4.78 is 20.7. The van der Waals surface area contributed by atoms with Crippen LogP contribution in [0.15, 0.2) is 36.7 Å². The fraction of sp³-hybridized carbons (Fsp3) is 0.357. The zero-order valence-corrected chi connectivity index (χ0v) is 10.6. The van der Waals surface area contributed by atoms with Gasteiger partial charge in [-0.2, -0.15) is 5.10 Å². The first-order valence-corrected chi connectivity index (χ1v) is 6.06. The van der Waals surface area contributed by atoms with Crippen LogP contribution >= 0.6 is 0 Å². The maximum atomic E-state index is 13.2. The molecular formula is C14H17FN2O. The first kappa shape index (κ1) is 12.6. The summed E-state index contributed by atoms with van der Waals surface area (Å²) in [5.41, 5.74) is 1.02. The number of rotatable bonds is 5. The van der Waals surface area contributed by atoms with Gasteiger partial charge in [-0.3, -0.25) is 4.68 Å². The van der Waals surface area contributed by atoms with Crippen molar-refractivity contribution in [2.24, 2.45) is 0 Å². The van der Waals surface area contributed by atoms with Gasteiger partial charge >= 0.3 is 0 Å². The Morgan fingerprint density at radius 3 is 2.89 bits per heavy atom. The van der Waals surface area contributed by atoms with Gasteiger partial charge in [-0.15, -0.1) is 0 Å². The van der Waals surface area contributed by atoms with Crippen LogP contribution in [0.5, 0.6) is 5.75 Å². The van der Waals surface area contributed by atoms with E-state index in [0.29, 0.717) is 24.8 Å². The van der Waals surface area contributed by atoms with E-state index in [1.54, 1.807) is 16.9 Å². The van der Waals surface area contributed by atoms with Crippen molar-refractivity contribution in [2.45, 2.75) is 26.3 Å². The Labute approximate surface area is 106 Å². The predicted octanol–water partition coefficient (Wildman–Crippen LogP) is 3.22. The van der Waals surface area contributed by atoms with Crippen molar-refractivity contribution in [3.63, 3.8) is 0 Å². The smallest absolute Gasteiger partial charge is 0.126 e. The highest BCUT2D eigenvalue weighted by molar-refractivity contribution is 5.36. The van der Waals surface area contributed by atoms with Gasteiger partial charge in [-0.05, 0) is 23.6 Å². The van der Waals surface area contributed by atoms with Gasteiger partial charge in [-0.1, -0.05) is 19.9 Å². The van der Waals surface area contributed by atoms with Crippen LogP contribution in [0.2, 0.25) is 0 Å². The van der Waals surface area contributed by atoms with Gasteiger partial charge in [0.1, 0.15) is 18.2 Å². The minimum absolute atomic E-state index is 0.270. The molecule has 1 heterocycles. The number of aromatic nitrogens is 2. The molecule has 0 unspecified atom stereocenters. The Bertz CT molecular complexity index is 495. The summed E-state index contributed by atoms with van der Waals surface area (Å²) in [4.78, 5) is 0. The van der Waals surface area contributed by atoms with E-state index >= 15 is 0 Å². The van der Waals surface area contributed by atoms with Crippen molar-refractivity contribution in [3.8, 4) is 5.75 Å². The molecule has 0 bridgehead atoms. The molecule has 0 N–H and O–H groups in total. The van der Waals surface area contributed by atoms with Gasteiger partial charge < -0.3 is 4.74 Å². The maximum absolute atomic E-state index is 13.2. The Balaban J connectivity index is 2.01. The monoisotopic (exact) mass is 248 g/mol. The third-order valence-corrected chi connectivity index (χ3v) is 2.73. The van der Waals surface area contributed by atoms with E-state index in [4.69, 9.17) is 4.74 Å². The van der Waals surface area contributed by atoms with E-state index in [9.17, 15) is 4.39 Å². The third-order valence-electron chi connectivity index (χ3n) is 2.73. The minimum atomic E-state index is -0.270. The number of hydrogen-bond acceptors (Lipinski definition) is 2. The summed E-state index contributed by atoms with van der Waals surface area (Å²) in [5.74, 6) is 0.663. The highest BCUT2D eigenvalue weighted by atomic mass is 19.1. The van der Waals surface area contributed by atoms with Crippen molar-refractivity contribution >= 4 is 0 Å². The number of benzene rings is 1. The molecule has 0 radical (unpaired) electrons. The molecule has 3 nitrogen and oxygen atoms in total. The molecule has 18 heavy (non-hydrogen) atoms. The van der Waals surface area contributed by atoms with Crippen LogP contribution < -0.4 is 4.74 Å². The summed E-state index contributed by atoms with van der Waals surface area (Å²) in [6.45, 7) is 5.26. The van der Waals surface area contributed by atoms with Gasteiger partial charge in [-0.25, -0.2) is 4.39 Å². The van der Waals surface area contributed by atoms with Crippen molar-refractivity contribution in [3.05, 3.63) is 48.0 Å². The molecule has 1 aromatic carbocycles. The van der Waals surface area contributed by atoms with E-state index in [0.717, 1.165) is 5.56 Å². The second-order valence-electron chi connectivity index (χ2n) is 4.45. The Hall–Kier alpha value is -1.84. The molecule has 0 aliphatic heterocycles. The van der Waals surface area contributed by atoms with Gasteiger partial charge in [0.2, 0.25) is 0 Å². The molecule has 0 saturated carbocycles. The van der Waals surface area contributed by atoms with Crippen molar-refractivity contribution in [1.29, 1.82) is 0 Å². The molecule has 0 saturated heterocycles. The number of ether oxygens (including phenoxy) is 1. The Morgan fingerprint density at radius 1 is 1.39 bits per heavy atom. The zero-order valence-electron chi connectivity index (χ0n) is 10.6. The molecular weight excluding hydrogens is 231 g/mol. The first-order valence-electron chi connectivity index (χ1n) is 6.06. The first-order chi connectivity index (χ1) is 8.66. The van der Waals surface area contributed by atoms with Crippen LogP contribution in [-0.4, -0.2) is 16.4 Å². The second-order valence-corrected chi connectivity index (χ2v) is 4.45. The third kappa shape index (κ3) is 3.09. The molecule has 0 spiro atoms. The van der Waals surface area contributed by atoms with Gasteiger partial charge in [0.05, 0.1) is 6.54 Å². The lowest BCUT2D eigenvalue weighted by atomic mass is 10.0. The summed E-state index contributed by atoms with van der Waals surface area (Å²) in [7, 11) is 0. The van der Waals surface area contributed by atoms with Gasteiger partial charge in [0, 0.05) is 18.5 Å². The van der Waals surface area contributed by atoms with E-state index in [1.165, 1.54) is 12.1 Å². The Morgan fingerprint density at radius 2 is 2.22 bits per heavy atom. The van der Waals surface area contributed by atoms with E-state index in [1.807, 2.05) is 12.3 Å². The normalized spacial score (nSPS) is 10.9. The predicted molar refractivity (Wildman–Crippen MR) is 68.2 cm³/mol. The molecule has 2 aromatic rings. The average molecular weight is 248 g/mol. The molecule has 0 aliphatic rings. The fourth-order valence-electron chi connectivity index (χ4n) is 1.79. The van der Waals surface area contributed by atoms with Crippen LogP contribution in [0, 0.1) is 5.82 Å². The molecule has 0 atom stereocenters. The second kappa shape index (κ2) is 5.67. The van der Waals surface area contributed by atoms with E-state index in [2.05, 4.69) is 18.9 Å². The fourth-order valence-corrected chi connectivity index (χ4v) is 1.79. The molecule has 0 amide bonds. The molecule has 96 valence electrons. The van der Waals surface area contributed by atoms with Crippen LogP contribution in [0.25, 0.3) is 0 Å². The van der Waals surface area contributed by atoms with Gasteiger partial charge in [0.15, 0.2) is 0 Å². The minimum Gasteiger partial charge on any atom is -0.491 e. The number of halogens is 1. The standard InChI is InChI=1S/C14H17FN2O/c1-11(2)13-5-4-12(15)10-14(13)18-9-8-17-7-3-6-16-17/h3-7,10-11H,8-9H2,1-2H3. The SMILES string of the molecule is CC(C)c1ccc(F)cc1OCCn1cccn1. The Kier molecular flexibility index (Phi) is 3.97. The zero-order chi connectivity index (χ0) is 13.0. The summed E-state index contributed by atoms with van der Waals surface area (Å²) in [5, 5.41) is 4.09. The molecule has 2 rings (SSSR count). The summed E-state index contributed by atoms with van der Waals surface area (Å²) in [6, 6.07) is 6.55. The average Bonchev–Trinajstić information content (AvgIpc) is 2.82. The molecule has 1 aromatic heterocycles. The highest BCUT2D eigenvalue weighted by Gasteiger charge is 2.09. The lowest BCUT2D eigenvalue weighted by Crippen LogP contribution is -2.09. The van der Waals surface area contributed by atoms with Crippen molar-refractivity contribution in [2.75, 3.05) is 6.61 Å². The lowest BCUT2D eigenvalue weighted by molar-refractivity contribution is 0.286. The van der Waals surface area contributed by atoms with Crippen LogP contribution in [0.1, 0.15) is 25.3 Å². The maximum Gasteiger partial charge on any atom is 0.126 e. The quantitative estimate of drug-likeness (QED) is 0.812. The number of nitrogens with zero attached hydrogens (tertiary/aromatic N) is 2. The lowest BCUT2D eigenvalue weighted by Gasteiger charge is -2.14. The van der Waals surface area contributed by atoms with Crippen LogP contribution in [0.4, 0.5) is 4.39 Å². The van der Waals surface area contributed by atoms with Crippen molar-refractivity contribution < 1.29 is 9.13 Å². The van der Waals surface area contributed by atoms with Crippen LogP contribution in [-0.2, 0) is 6.54 Å². The van der Waals surface area contributed by atoms with Crippen molar-refractivity contribution in [1.82, 2.24) is 9.78 Å². The van der Waals surface area contributed by atoms with Crippen LogP contribution in [0.3, 0.4) is 0 Å². The number of hydrogen-bond donors (Lipinski definition) is 0. The highest BCUT2D eigenvalue weighted by Crippen LogP contribution is 2.27. The molecule has 4 heteroatoms. The molecule has 0 aliphatic carbocycles. The largest absolute Gasteiger partial charge is 0.491 e.